The van der Waals surface area contributed by atoms with E-state index in [1.807, 2.05) is 0 Å². The van der Waals surface area contributed by atoms with Crippen LogP contribution in [0.4, 0.5) is 0 Å². The van der Waals surface area contributed by atoms with Crippen molar-refractivity contribution in [1.29, 1.82) is 0 Å². The predicted molar refractivity (Wildman–Crippen MR) is 58.0 cm³/mol. The van der Waals surface area contributed by atoms with E-state index in [2.05, 4.69) is 24.5 Å². The van der Waals surface area contributed by atoms with Crippen LogP contribution in [-0.4, -0.2) is 26.2 Å². The molecule has 0 aromatic rings. The summed E-state index contributed by atoms with van der Waals surface area (Å²) >= 11 is 0. The molecule has 1 rings (SSSR count). The molecule has 2 heteroatoms. The zero-order valence-electron chi connectivity index (χ0n) is 9.16. The van der Waals surface area contributed by atoms with Crippen LogP contribution in [0.5, 0.6) is 0 Å². The predicted octanol–water partition coefficient (Wildman–Crippen LogP) is 1.77. The standard InChI is InChI=1S/C11H24N2/c1-3-11(6-7-11)10-13-9-5-8-12-4-2/h12-13H,3-10H2,1-2H3. The van der Waals surface area contributed by atoms with Gasteiger partial charge in [-0.1, -0.05) is 13.8 Å². The molecule has 1 saturated carbocycles. The molecule has 0 atom stereocenters. The van der Waals surface area contributed by atoms with Crippen LogP contribution in [0.3, 0.4) is 0 Å². The summed E-state index contributed by atoms with van der Waals surface area (Å²) < 4.78 is 0. The third-order valence-electron chi connectivity index (χ3n) is 3.16. The number of nitrogens with one attached hydrogen (secondary N) is 2. The summed E-state index contributed by atoms with van der Waals surface area (Å²) in [7, 11) is 0. The van der Waals surface area contributed by atoms with Gasteiger partial charge in [-0.05, 0) is 50.7 Å². The Balaban J connectivity index is 1.84. The van der Waals surface area contributed by atoms with Gasteiger partial charge >= 0.3 is 0 Å². The van der Waals surface area contributed by atoms with Crippen molar-refractivity contribution < 1.29 is 0 Å². The Kier molecular flexibility index (Phi) is 4.74. The van der Waals surface area contributed by atoms with E-state index in [1.165, 1.54) is 38.8 Å². The fourth-order valence-electron chi connectivity index (χ4n) is 1.70. The van der Waals surface area contributed by atoms with E-state index < -0.39 is 0 Å². The van der Waals surface area contributed by atoms with Gasteiger partial charge in [-0.3, -0.25) is 0 Å². The van der Waals surface area contributed by atoms with Gasteiger partial charge < -0.3 is 10.6 Å². The van der Waals surface area contributed by atoms with Crippen LogP contribution < -0.4 is 10.6 Å². The summed E-state index contributed by atoms with van der Waals surface area (Å²) in [6.45, 7) is 9.14. The molecule has 0 unspecified atom stereocenters. The van der Waals surface area contributed by atoms with Crippen LogP contribution in [0.15, 0.2) is 0 Å². The molecular weight excluding hydrogens is 160 g/mol. The first-order chi connectivity index (χ1) is 6.33. The van der Waals surface area contributed by atoms with Crippen LogP contribution in [0.1, 0.15) is 39.5 Å². The molecule has 13 heavy (non-hydrogen) atoms. The first kappa shape index (κ1) is 11.0. The number of hydrogen-bond donors (Lipinski definition) is 2. The molecule has 1 aliphatic carbocycles. The fraction of sp³-hybridized carbons (Fsp3) is 1.00. The molecule has 0 aromatic heterocycles. The van der Waals surface area contributed by atoms with Crippen molar-refractivity contribution in [2.45, 2.75) is 39.5 Å². The molecular formula is C11H24N2. The Labute approximate surface area is 82.5 Å². The summed E-state index contributed by atoms with van der Waals surface area (Å²) in [5.41, 5.74) is 0.707. The molecule has 2 N–H and O–H groups in total. The summed E-state index contributed by atoms with van der Waals surface area (Å²) in [6.07, 6.45) is 5.51. The highest BCUT2D eigenvalue weighted by Gasteiger charge is 2.39. The van der Waals surface area contributed by atoms with E-state index in [0.717, 1.165) is 13.1 Å². The fourth-order valence-corrected chi connectivity index (χ4v) is 1.70. The lowest BCUT2D eigenvalue weighted by Gasteiger charge is -2.13. The maximum absolute atomic E-state index is 3.56. The maximum atomic E-state index is 3.56. The minimum atomic E-state index is 0.707. The highest BCUT2D eigenvalue weighted by Crippen LogP contribution is 2.47. The maximum Gasteiger partial charge on any atom is 0.000772 e. The average molecular weight is 184 g/mol. The van der Waals surface area contributed by atoms with E-state index in [-0.39, 0.29) is 0 Å². The van der Waals surface area contributed by atoms with E-state index in [1.54, 1.807) is 0 Å². The highest BCUT2D eigenvalue weighted by atomic mass is 14.9. The van der Waals surface area contributed by atoms with Crippen LogP contribution >= 0.6 is 0 Å². The van der Waals surface area contributed by atoms with Gasteiger partial charge in [0.2, 0.25) is 0 Å². The van der Waals surface area contributed by atoms with Crippen molar-refractivity contribution in [2.75, 3.05) is 26.2 Å². The van der Waals surface area contributed by atoms with Gasteiger partial charge in [0.05, 0.1) is 0 Å². The zero-order chi connectivity index (χ0) is 9.57. The van der Waals surface area contributed by atoms with Crippen molar-refractivity contribution in [2.24, 2.45) is 5.41 Å². The second-order valence-electron chi connectivity index (χ2n) is 4.24. The number of hydrogen-bond acceptors (Lipinski definition) is 2. The van der Waals surface area contributed by atoms with Crippen molar-refractivity contribution in [3.05, 3.63) is 0 Å². The molecule has 0 amide bonds. The molecule has 0 heterocycles. The first-order valence-corrected chi connectivity index (χ1v) is 5.74. The minimum Gasteiger partial charge on any atom is -0.317 e. The third kappa shape index (κ3) is 4.10. The van der Waals surface area contributed by atoms with Gasteiger partial charge in [0.1, 0.15) is 0 Å². The second-order valence-corrected chi connectivity index (χ2v) is 4.24. The molecule has 0 aliphatic heterocycles. The van der Waals surface area contributed by atoms with E-state index in [0.29, 0.717) is 5.41 Å². The Hall–Kier alpha value is -0.0800. The van der Waals surface area contributed by atoms with E-state index in [4.69, 9.17) is 0 Å². The van der Waals surface area contributed by atoms with E-state index in [9.17, 15) is 0 Å². The molecule has 1 aliphatic rings. The van der Waals surface area contributed by atoms with Gasteiger partial charge in [-0.15, -0.1) is 0 Å². The first-order valence-electron chi connectivity index (χ1n) is 5.74. The van der Waals surface area contributed by atoms with Gasteiger partial charge in [0.25, 0.3) is 0 Å². The molecule has 0 saturated heterocycles. The molecule has 78 valence electrons. The van der Waals surface area contributed by atoms with Crippen molar-refractivity contribution >= 4 is 0 Å². The molecule has 0 bridgehead atoms. The molecule has 2 nitrogen and oxygen atoms in total. The van der Waals surface area contributed by atoms with Gasteiger partial charge in [-0.25, -0.2) is 0 Å². The third-order valence-corrected chi connectivity index (χ3v) is 3.16. The quantitative estimate of drug-likeness (QED) is 0.562. The minimum absolute atomic E-state index is 0.707. The SMILES string of the molecule is CCNCCCNCC1(CC)CC1. The van der Waals surface area contributed by atoms with Crippen LogP contribution in [0.25, 0.3) is 0 Å². The summed E-state index contributed by atoms with van der Waals surface area (Å²) in [4.78, 5) is 0. The van der Waals surface area contributed by atoms with Crippen LogP contribution in [-0.2, 0) is 0 Å². The van der Waals surface area contributed by atoms with Crippen LogP contribution in [0, 0.1) is 5.41 Å². The Morgan fingerprint density at radius 1 is 1.08 bits per heavy atom. The van der Waals surface area contributed by atoms with Gasteiger partial charge in [0, 0.05) is 6.54 Å². The summed E-state index contributed by atoms with van der Waals surface area (Å²) in [5, 5.41) is 6.89. The lowest BCUT2D eigenvalue weighted by molar-refractivity contribution is 0.440. The van der Waals surface area contributed by atoms with E-state index >= 15 is 0 Å². The molecule has 0 radical (unpaired) electrons. The van der Waals surface area contributed by atoms with Crippen molar-refractivity contribution in [3.63, 3.8) is 0 Å². The topological polar surface area (TPSA) is 24.1 Å². The number of rotatable bonds is 8. The van der Waals surface area contributed by atoms with Gasteiger partial charge in [0.15, 0.2) is 0 Å². The molecule has 1 fully saturated rings. The lowest BCUT2D eigenvalue weighted by Crippen LogP contribution is -2.27. The molecule has 0 aromatic carbocycles. The normalized spacial score (nSPS) is 18.9. The smallest absolute Gasteiger partial charge is 0.000772 e. The lowest BCUT2D eigenvalue weighted by atomic mass is 10.0. The largest absolute Gasteiger partial charge is 0.317 e. The Morgan fingerprint density at radius 3 is 2.31 bits per heavy atom. The van der Waals surface area contributed by atoms with Crippen LogP contribution in [0.2, 0.25) is 0 Å². The van der Waals surface area contributed by atoms with Gasteiger partial charge in [-0.2, -0.15) is 0 Å². The summed E-state index contributed by atoms with van der Waals surface area (Å²) in [6, 6.07) is 0. The Morgan fingerprint density at radius 2 is 1.77 bits per heavy atom. The zero-order valence-corrected chi connectivity index (χ0v) is 9.16. The van der Waals surface area contributed by atoms with Crippen molar-refractivity contribution in [1.82, 2.24) is 10.6 Å². The Bertz CT molecular complexity index is 130. The van der Waals surface area contributed by atoms with Crippen molar-refractivity contribution in [3.8, 4) is 0 Å². The molecule has 0 spiro atoms. The average Bonchev–Trinajstić information content (AvgIpc) is 2.92. The second kappa shape index (κ2) is 5.61. The monoisotopic (exact) mass is 184 g/mol. The summed E-state index contributed by atoms with van der Waals surface area (Å²) in [5.74, 6) is 0. The highest BCUT2D eigenvalue weighted by molar-refractivity contribution is 4.93.